The topological polar surface area (TPSA) is 191 Å². The number of benzene rings is 1. The highest BCUT2D eigenvalue weighted by molar-refractivity contribution is 6.06. The average Bonchev–Trinajstić information content (AvgIpc) is 3.47. The molecular weight excluding hydrogens is 474 g/mol. The molecule has 2 aliphatic heterocycles. The maximum absolute atomic E-state index is 12.5. The molecule has 36 heavy (non-hydrogen) atoms. The number of ether oxygens (including phenoxy) is 1. The lowest BCUT2D eigenvalue weighted by Gasteiger charge is -2.17. The standard InChI is InChI=1S/C22H29N7O7/c30-17(26-11-16(19(32)33)28-22(35)36-13-14-5-2-1-3-6-14)12-29-18(31)15(27-21(29)34)7-4-8-23-20-24-9-10-25-20/h1-3,5-6,15-16H,4,7-13H2,(H,26,30)(H,27,34)(H,28,35)(H,32,33)(H2,23,24,25)/t15-,16?/m0/s1. The molecule has 0 bridgehead atoms. The first-order valence-electron chi connectivity index (χ1n) is 11.4. The highest BCUT2D eigenvalue weighted by Crippen LogP contribution is 2.10. The highest BCUT2D eigenvalue weighted by Gasteiger charge is 2.38. The summed E-state index contributed by atoms with van der Waals surface area (Å²) in [7, 11) is 0. The van der Waals surface area contributed by atoms with E-state index in [0.717, 1.165) is 17.0 Å². The van der Waals surface area contributed by atoms with E-state index in [4.69, 9.17) is 4.74 Å². The normalized spacial score (nSPS) is 17.5. The molecule has 1 saturated heterocycles. The van der Waals surface area contributed by atoms with Crippen molar-refractivity contribution in [3.05, 3.63) is 35.9 Å². The fourth-order valence-corrected chi connectivity index (χ4v) is 3.47. The van der Waals surface area contributed by atoms with E-state index in [-0.39, 0.29) is 6.61 Å². The molecule has 1 aromatic rings. The van der Waals surface area contributed by atoms with E-state index in [1.165, 1.54) is 0 Å². The van der Waals surface area contributed by atoms with E-state index in [1.54, 1.807) is 30.3 Å². The Morgan fingerprint density at radius 2 is 2.00 bits per heavy atom. The second-order valence-electron chi connectivity index (χ2n) is 8.05. The lowest BCUT2D eigenvalue weighted by atomic mass is 10.1. The van der Waals surface area contributed by atoms with Gasteiger partial charge in [-0.1, -0.05) is 30.3 Å². The van der Waals surface area contributed by atoms with Crippen molar-refractivity contribution >= 4 is 35.9 Å². The Labute approximate surface area is 206 Å². The Hall–Kier alpha value is -4.36. The average molecular weight is 504 g/mol. The number of aliphatic carboxylic acids is 1. The minimum atomic E-state index is -1.47. The third kappa shape index (κ3) is 7.85. The number of urea groups is 1. The number of nitrogens with zero attached hydrogens (tertiary/aromatic N) is 2. The highest BCUT2D eigenvalue weighted by atomic mass is 16.5. The van der Waals surface area contributed by atoms with Crippen molar-refractivity contribution in [3.63, 3.8) is 0 Å². The van der Waals surface area contributed by atoms with Crippen LogP contribution >= 0.6 is 0 Å². The fourth-order valence-electron chi connectivity index (χ4n) is 3.47. The zero-order chi connectivity index (χ0) is 25.9. The van der Waals surface area contributed by atoms with E-state index in [9.17, 15) is 29.1 Å². The molecular formula is C22H29N7O7. The molecule has 14 nitrogen and oxygen atoms in total. The molecule has 14 heteroatoms. The van der Waals surface area contributed by atoms with Crippen LogP contribution in [-0.2, 0) is 25.7 Å². The number of guanidine groups is 1. The van der Waals surface area contributed by atoms with Crippen LogP contribution in [0.4, 0.5) is 9.59 Å². The Balaban J connectivity index is 1.38. The Morgan fingerprint density at radius 1 is 1.22 bits per heavy atom. The number of carbonyl (C=O) groups excluding carboxylic acids is 4. The molecule has 6 N–H and O–H groups in total. The van der Waals surface area contributed by atoms with Gasteiger partial charge in [0.25, 0.3) is 5.91 Å². The SMILES string of the molecule is O=C(CN1C(=O)N[C@@H](CCCNC2=NCCN2)C1=O)NCC(NC(=O)OCc1ccccc1)C(=O)O. The molecule has 194 valence electrons. The summed E-state index contributed by atoms with van der Waals surface area (Å²) in [6, 6.07) is 5.88. The van der Waals surface area contributed by atoms with Gasteiger partial charge in [-0.15, -0.1) is 0 Å². The first kappa shape index (κ1) is 26.2. The smallest absolute Gasteiger partial charge is 0.408 e. The van der Waals surface area contributed by atoms with Gasteiger partial charge in [-0.05, 0) is 18.4 Å². The third-order valence-corrected chi connectivity index (χ3v) is 5.35. The summed E-state index contributed by atoms with van der Waals surface area (Å²) < 4.78 is 4.99. The van der Waals surface area contributed by atoms with Crippen LogP contribution < -0.4 is 26.6 Å². The van der Waals surface area contributed by atoms with Crippen LogP contribution in [-0.4, -0.2) is 90.7 Å². The van der Waals surface area contributed by atoms with Crippen LogP contribution in [0.25, 0.3) is 0 Å². The number of carboxylic acids is 1. The lowest BCUT2D eigenvalue weighted by molar-refractivity contribution is -0.139. The first-order chi connectivity index (χ1) is 17.3. The van der Waals surface area contributed by atoms with Crippen LogP contribution in [0.5, 0.6) is 0 Å². The van der Waals surface area contributed by atoms with Crippen molar-refractivity contribution in [2.45, 2.75) is 31.5 Å². The van der Waals surface area contributed by atoms with E-state index in [0.29, 0.717) is 31.9 Å². The van der Waals surface area contributed by atoms with E-state index >= 15 is 0 Å². The summed E-state index contributed by atoms with van der Waals surface area (Å²) in [5.74, 6) is -1.98. The number of rotatable bonds is 12. The van der Waals surface area contributed by atoms with Gasteiger partial charge in [0.05, 0.1) is 6.54 Å². The van der Waals surface area contributed by atoms with E-state index in [2.05, 4.69) is 31.6 Å². The number of alkyl carbamates (subject to hydrolysis) is 1. The largest absolute Gasteiger partial charge is 0.480 e. The monoisotopic (exact) mass is 503 g/mol. The van der Waals surface area contributed by atoms with Gasteiger partial charge in [0.2, 0.25) is 5.91 Å². The molecule has 5 amide bonds. The summed E-state index contributed by atoms with van der Waals surface area (Å²) in [6.45, 7) is 0.941. The summed E-state index contributed by atoms with van der Waals surface area (Å²) in [4.78, 5) is 65.3. The van der Waals surface area contributed by atoms with Crippen molar-refractivity contribution < 1.29 is 33.8 Å². The molecule has 0 radical (unpaired) electrons. The van der Waals surface area contributed by atoms with Crippen molar-refractivity contribution in [1.29, 1.82) is 0 Å². The summed E-state index contributed by atoms with van der Waals surface area (Å²) in [5.41, 5.74) is 0.719. The molecule has 0 saturated carbocycles. The second-order valence-corrected chi connectivity index (χ2v) is 8.05. The minimum absolute atomic E-state index is 0.0551. The van der Waals surface area contributed by atoms with Gasteiger partial charge in [-0.3, -0.25) is 19.5 Å². The predicted octanol–water partition coefficient (Wildman–Crippen LogP) is -1.27. The van der Waals surface area contributed by atoms with Gasteiger partial charge in [0.1, 0.15) is 25.2 Å². The second kappa shape index (κ2) is 12.9. The summed E-state index contributed by atoms with van der Waals surface area (Å²) >= 11 is 0. The Bertz CT molecular complexity index is 1000. The third-order valence-electron chi connectivity index (χ3n) is 5.35. The van der Waals surface area contributed by atoms with E-state index in [1.807, 2.05) is 0 Å². The molecule has 1 unspecified atom stereocenters. The maximum Gasteiger partial charge on any atom is 0.408 e. The molecule has 1 fully saturated rings. The molecule has 2 atom stereocenters. The number of amides is 5. The number of nitrogens with one attached hydrogen (secondary N) is 5. The van der Waals surface area contributed by atoms with Crippen LogP contribution in [0.2, 0.25) is 0 Å². The van der Waals surface area contributed by atoms with Gasteiger partial charge in [-0.2, -0.15) is 0 Å². The maximum atomic E-state index is 12.5. The molecule has 0 spiro atoms. The summed E-state index contributed by atoms with van der Waals surface area (Å²) in [5, 5.41) is 22.5. The molecule has 0 aliphatic carbocycles. The van der Waals surface area contributed by atoms with Crippen LogP contribution in [0.1, 0.15) is 18.4 Å². The first-order valence-corrected chi connectivity index (χ1v) is 11.4. The number of hydrogen-bond acceptors (Lipinski definition) is 9. The zero-order valence-corrected chi connectivity index (χ0v) is 19.5. The number of imide groups is 1. The van der Waals surface area contributed by atoms with Gasteiger partial charge in [0, 0.05) is 19.6 Å². The summed E-state index contributed by atoms with van der Waals surface area (Å²) in [6.07, 6.45) is -0.00857. The number of hydrogen-bond donors (Lipinski definition) is 6. The van der Waals surface area contributed by atoms with E-state index < -0.39 is 55.1 Å². The van der Waals surface area contributed by atoms with Gasteiger partial charge in [0.15, 0.2) is 5.96 Å². The Kier molecular flexibility index (Phi) is 9.42. The van der Waals surface area contributed by atoms with Crippen molar-refractivity contribution in [2.24, 2.45) is 4.99 Å². The quantitative estimate of drug-likeness (QED) is 0.149. The molecule has 2 heterocycles. The predicted molar refractivity (Wildman–Crippen MR) is 126 cm³/mol. The minimum Gasteiger partial charge on any atom is -0.480 e. The molecule has 3 rings (SSSR count). The van der Waals surface area contributed by atoms with Gasteiger partial charge >= 0.3 is 18.1 Å². The van der Waals surface area contributed by atoms with Crippen LogP contribution in [0.15, 0.2) is 35.3 Å². The number of aliphatic imine (C=N–C) groups is 1. The van der Waals surface area contributed by atoms with Crippen molar-refractivity contribution in [3.8, 4) is 0 Å². The fraction of sp³-hybridized carbons (Fsp3) is 0.455. The zero-order valence-electron chi connectivity index (χ0n) is 19.5. The van der Waals surface area contributed by atoms with Gasteiger partial charge in [-0.25, -0.2) is 14.4 Å². The van der Waals surface area contributed by atoms with Crippen LogP contribution in [0, 0.1) is 0 Å². The Morgan fingerprint density at radius 3 is 2.69 bits per heavy atom. The van der Waals surface area contributed by atoms with Gasteiger partial charge < -0.3 is 36.4 Å². The lowest BCUT2D eigenvalue weighted by Crippen LogP contribution is -2.50. The number of carbonyl (C=O) groups is 5. The number of carboxylic acid groups (broad SMARTS) is 1. The van der Waals surface area contributed by atoms with Crippen molar-refractivity contribution in [2.75, 3.05) is 32.7 Å². The molecule has 1 aromatic carbocycles. The van der Waals surface area contributed by atoms with Crippen molar-refractivity contribution in [1.82, 2.24) is 31.5 Å². The van der Waals surface area contributed by atoms with Crippen LogP contribution in [0.3, 0.4) is 0 Å². The molecule has 2 aliphatic rings. The molecule has 0 aromatic heterocycles.